The highest BCUT2D eigenvalue weighted by Gasteiger charge is 2.23. The highest BCUT2D eigenvalue weighted by Crippen LogP contribution is 2.43. The summed E-state index contributed by atoms with van der Waals surface area (Å²) in [6, 6.07) is 123. The Morgan fingerprint density at radius 2 is 0.500 bits per heavy atom. The van der Waals surface area contributed by atoms with Gasteiger partial charge in [-0.15, -0.1) is 0 Å². The average Bonchev–Trinajstić information content (AvgIpc) is 1.58. The van der Waals surface area contributed by atoms with Crippen molar-refractivity contribution < 1.29 is 0 Å². The fraction of sp³-hybridized carbons (Fsp3) is 0. The molecule has 0 fully saturated rings. The van der Waals surface area contributed by atoms with Gasteiger partial charge in [-0.3, -0.25) is 4.57 Å². The molecule has 5 heterocycles. The Labute approximate surface area is 542 Å². The van der Waals surface area contributed by atoms with Crippen molar-refractivity contribution in [2.75, 3.05) is 0 Å². The van der Waals surface area contributed by atoms with E-state index in [-0.39, 0.29) is 0 Å². The zero-order valence-corrected chi connectivity index (χ0v) is 51.0. The molecule has 0 spiro atoms. The highest BCUT2D eigenvalue weighted by atomic mass is 15.2. The van der Waals surface area contributed by atoms with E-state index < -0.39 is 0 Å². The van der Waals surface area contributed by atoms with Gasteiger partial charge in [0.25, 0.3) is 0 Å². The minimum atomic E-state index is 0.588. The third-order valence-corrected chi connectivity index (χ3v) is 19.2. The fourth-order valence-electron chi connectivity index (χ4n) is 14.9. The first kappa shape index (κ1) is 53.2. The number of para-hydroxylation sites is 6. The molecule has 0 aliphatic carbocycles. The van der Waals surface area contributed by atoms with Gasteiger partial charge in [0, 0.05) is 71.3 Å². The van der Waals surface area contributed by atoms with Crippen LogP contribution >= 0.6 is 0 Å². The van der Waals surface area contributed by atoms with Crippen LogP contribution < -0.4 is 0 Å². The van der Waals surface area contributed by atoms with Crippen molar-refractivity contribution in [2.45, 2.75) is 0 Å². The molecule has 0 N–H and O–H groups in total. The zero-order valence-electron chi connectivity index (χ0n) is 51.0. The van der Waals surface area contributed by atoms with Crippen LogP contribution in [-0.2, 0) is 0 Å². The Morgan fingerprint density at radius 3 is 0.968 bits per heavy atom. The van der Waals surface area contributed by atoms with Crippen LogP contribution in [0.25, 0.3) is 177 Å². The van der Waals surface area contributed by atoms with Crippen LogP contribution in [0.3, 0.4) is 0 Å². The van der Waals surface area contributed by atoms with E-state index >= 15 is 0 Å². The molecule has 6 nitrogen and oxygen atoms in total. The maximum atomic E-state index is 5.71. The summed E-state index contributed by atoms with van der Waals surface area (Å²) in [6.45, 7) is 0. The zero-order chi connectivity index (χ0) is 61.8. The lowest BCUT2D eigenvalue weighted by Gasteiger charge is -2.16. The Morgan fingerprint density at radius 1 is 0.170 bits per heavy atom. The van der Waals surface area contributed by atoms with Crippen LogP contribution in [0.4, 0.5) is 0 Å². The molecular weight excluding hydrogens is 1140 g/mol. The molecule has 0 radical (unpaired) electrons. The van der Waals surface area contributed by atoms with E-state index in [1.165, 1.54) is 65.5 Å². The van der Waals surface area contributed by atoms with Gasteiger partial charge >= 0.3 is 0 Å². The lowest BCUT2D eigenvalue weighted by Crippen LogP contribution is -2.04. The number of nitrogens with zero attached hydrogens (tertiary/aromatic N) is 6. The summed E-state index contributed by atoms with van der Waals surface area (Å²) < 4.78 is 9.43. The molecule has 14 aromatic carbocycles. The van der Waals surface area contributed by atoms with Gasteiger partial charge in [-0.1, -0.05) is 218 Å². The second kappa shape index (κ2) is 21.5. The molecule has 19 aromatic rings. The highest BCUT2D eigenvalue weighted by molar-refractivity contribution is 6.15. The smallest absolute Gasteiger partial charge is 0.235 e. The molecule has 6 heteroatoms. The van der Waals surface area contributed by atoms with Crippen molar-refractivity contribution >= 4 is 87.2 Å². The first-order chi connectivity index (χ1) is 46.6. The number of hydrogen-bond acceptors (Lipinski definition) is 2. The van der Waals surface area contributed by atoms with Gasteiger partial charge in [-0.05, 0) is 166 Å². The van der Waals surface area contributed by atoms with Gasteiger partial charge < -0.3 is 13.7 Å². The summed E-state index contributed by atoms with van der Waals surface area (Å²) in [5.74, 6) is 0.588. The fourth-order valence-corrected chi connectivity index (χ4v) is 14.9. The minimum Gasteiger partial charge on any atom is -0.309 e. The second-order valence-corrected chi connectivity index (χ2v) is 24.5. The molecule has 94 heavy (non-hydrogen) atoms. The van der Waals surface area contributed by atoms with Crippen molar-refractivity contribution in [3.63, 3.8) is 0 Å². The van der Waals surface area contributed by atoms with Crippen molar-refractivity contribution in [1.29, 1.82) is 0 Å². The van der Waals surface area contributed by atoms with Crippen LogP contribution in [0.2, 0.25) is 0 Å². The minimum absolute atomic E-state index is 0.588. The Kier molecular flexibility index (Phi) is 12.2. The second-order valence-electron chi connectivity index (χ2n) is 24.5. The third kappa shape index (κ3) is 8.58. The summed E-state index contributed by atoms with van der Waals surface area (Å²) in [6.07, 6.45) is 0. The number of hydrogen-bond donors (Lipinski definition) is 0. The van der Waals surface area contributed by atoms with Gasteiger partial charge in [-0.25, -0.2) is 9.97 Å². The number of aromatic nitrogens is 6. The third-order valence-electron chi connectivity index (χ3n) is 19.2. The average molecular weight is 1200 g/mol. The lowest BCUT2D eigenvalue weighted by molar-refractivity contribution is 0.995. The van der Waals surface area contributed by atoms with Crippen LogP contribution in [0.15, 0.2) is 340 Å². The molecule has 0 bridgehead atoms. The summed E-state index contributed by atoms with van der Waals surface area (Å²) in [4.78, 5) is 11.4. The number of rotatable bonds is 10. The van der Waals surface area contributed by atoms with Crippen LogP contribution in [0, 0.1) is 0 Å². The van der Waals surface area contributed by atoms with E-state index in [2.05, 4.69) is 358 Å². The van der Waals surface area contributed by atoms with E-state index in [0.717, 1.165) is 106 Å². The van der Waals surface area contributed by atoms with Crippen LogP contribution in [0.1, 0.15) is 0 Å². The van der Waals surface area contributed by atoms with E-state index in [9.17, 15) is 0 Å². The van der Waals surface area contributed by atoms with Crippen molar-refractivity contribution in [2.24, 2.45) is 0 Å². The van der Waals surface area contributed by atoms with Gasteiger partial charge in [0.15, 0.2) is 0 Å². The Balaban J connectivity index is 0.775. The molecule has 0 aliphatic rings. The molecule has 19 rings (SSSR count). The first-order valence-electron chi connectivity index (χ1n) is 32.1. The maximum absolute atomic E-state index is 5.71. The van der Waals surface area contributed by atoms with E-state index in [1.807, 2.05) is 0 Å². The topological polar surface area (TPSA) is 45.5 Å². The number of fused-ring (bicyclic) bond motifs is 12. The Hall–Kier alpha value is -12.6. The van der Waals surface area contributed by atoms with Crippen molar-refractivity contribution in [3.8, 4) is 90.0 Å². The van der Waals surface area contributed by atoms with Gasteiger partial charge in [0.05, 0.1) is 55.5 Å². The van der Waals surface area contributed by atoms with Crippen molar-refractivity contribution in [1.82, 2.24) is 28.2 Å². The molecular formula is C88H56N6. The number of benzene rings is 14. The molecule has 5 aromatic heterocycles. The SMILES string of the molecule is c1ccc(-c2ccc(-c3cc(-c4cccc(-n5c6ccccc6c6cc(-c7ccc8c(c7)c7ccccc7n8-c7ccccc7)ccc65)c4)nc(-n4c5ccccc5c5cc(-c6ccc7c(c6)c6ccccc6n7-c6ccccc6)ccc54)n3)c(-c3ccccc3)c2)cc1. The molecule has 0 saturated carbocycles. The molecule has 0 amide bonds. The molecule has 0 atom stereocenters. The first-order valence-corrected chi connectivity index (χ1v) is 32.1. The maximum Gasteiger partial charge on any atom is 0.235 e. The van der Waals surface area contributed by atoms with E-state index in [1.54, 1.807) is 0 Å². The normalized spacial score (nSPS) is 11.8. The van der Waals surface area contributed by atoms with Crippen molar-refractivity contribution in [3.05, 3.63) is 340 Å². The molecule has 0 unspecified atom stereocenters. The predicted octanol–water partition coefficient (Wildman–Crippen LogP) is 22.9. The van der Waals surface area contributed by atoms with Crippen LogP contribution in [-0.4, -0.2) is 28.2 Å². The summed E-state index contributed by atoms with van der Waals surface area (Å²) in [5.41, 5.74) is 25.1. The molecule has 0 saturated heterocycles. The van der Waals surface area contributed by atoms with Gasteiger partial charge in [0.1, 0.15) is 0 Å². The summed E-state index contributed by atoms with van der Waals surface area (Å²) >= 11 is 0. The molecule has 438 valence electrons. The predicted molar refractivity (Wildman–Crippen MR) is 392 cm³/mol. The molecule has 0 aliphatic heterocycles. The van der Waals surface area contributed by atoms with Gasteiger partial charge in [0.2, 0.25) is 5.95 Å². The summed E-state index contributed by atoms with van der Waals surface area (Å²) in [5, 5.41) is 9.54. The monoisotopic (exact) mass is 1200 g/mol. The summed E-state index contributed by atoms with van der Waals surface area (Å²) in [7, 11) is 0. The van der Waals surface area contributed by atoms with Crippen LogP contribution in [0.5, 0.6) is 0 Å². The largest absolute Gasteiger partial charge is 0.309 e. The quantitative estimate of drug-likeness (QED) is 0.137. The lowest BCUT2D eigenvalue weighted by atomic mass is 9.92. The van der Waals surface area contributed by atoms with Gasteiger partial charge in [-0.2, -0.15) is 0 Å². The Bertz CT molecular complexity index is 6210. The standard InChI is InChI=1S/C88H56N6/c1-5-22-57(23-6-1)59-40-45-68(73(51-59)58-24-7-2-8-25-58)79-56-78(89-88(90-79)94-83-39-20-16-35-72(83)77-55-63(44-49-87(77)94)61-42-47-85-75(53-61)70-33-14-18-37-81(70)92(85)66-29-11-4-12-30-66)64-26-21-31-67(50-64)93-82-38-19-15-34-71(82)76-54-62(43-48-86(76)93)60-41-46-84-74(52-60)69-32-13-17-36-80(69)91(84)65-27-9-3-10-28-65/h1-56H. The van der Waals surface area contributed by atoms with E-state index in [4.69, 9.17) is 9.97 Å². The van der Waals surface area contributed by atoms with E-state index in [0.29, 0.717) is 5.95 Å².